The van der Waals surface area contributed by atoms with E-state index in [0.29, 0.717) is 0 Å². The summed E-state index contributed by atoms with van der Waals surface area (Å²) in [6, 6.07) is 0. The first-order chi connectivity index (χ1) is 5.59. The number of ether oxygens (including phenoxy) is 2. The molecule has 4 nitrogen and oxygen atoms in total. The number of hydrogen-bond donors (Lipinski definition) is 0. The van der Waals surface area contributed by atoms with Crippen LogP contribution in [0.5, 0.6) is 0 Å². The maximum Gasteiger partial charge on any atom is 0.303 e. The fraction of sp³-hybridized carbons (Fsp3) is 0.750. The number of carbonyl (C=O) groups is 2. The zero-order valence-corrected chi connectivity index (χ0v) is 7.20. The SMILES string of the molecule is CC(=O)OC1CCC1OC(C)=O. The molecule has 4 heteroatoms. The highest BCUT2D eigenvalue weighted by Gasteiger charge is 2.35. The Kier molecular flexibility index (Phi) is 2.68. The van der Waals surface area contributed by atoms with Crippen LogP contribution in [-0.2, 0) is 19.1 Å². The normalized spacial score (nSPS) is 27.2. The van der Waals surface area contributed by atoms with Gasteiger partial charge in [0.25, 0.3) is 0 Å². The van der Waals surface area contributed by atoms with Crippen LogP contribution >= 0.6 is 0 Å². The van der Waals surface area contributed by atoms with Gasteiger partial charge in [-0.25, -0.2) is 0 Å². The predicted octanol–water partition coefficient (Wildman–Crippen LogP) is 0.644. The monoisotopic (exact) mass is 172 g/mol. The Morgan fingerprint density at radius 2 is 1.33 bits per heavy atom. The van der Waals surface area contributed by atoms with Crippen LogP contribution < -0.4 is 0 Å². The Labute approximate surface area is 70.8 Å². The molecule has 1 aliphatic rings. The van der Waals surface area contributed by atoms with E-state index in [1.165, 1.54) is 13.8 Å². The van der Waals surface area contributed by atoms with Crippen molar-refractivity contribution in [2.24, 2.45) is 0 Å². The molecule has 0 radical (unpaired) electrons. The Bertz CT molecular complexity index is 177. The summed E-state index contributed by atoms with van der Waals surface area (Å²) >= 11 is 0. The Balaban J connectivity index is 2.29. The van der Waals surface area contributed by atoms with E-state index >= 15 is 0 Å². The maximum absolute atomic E-state index is 10.5. The van der Waals surface area contributed by atoms with Gasteiger partial charge < -0.3 is 9.47 Å². The van der Waals surface area contributed by atoms with Crippen molar-refractivity contribution in [1.29, 1.82) is 0 Å². The van der Waals surface area contributed by atoms with Gasteiger partial charge in [0.1, 0.15) is 12.2 Å². The number of esters is 2. The van der Waals surface area contributed by atoms with Gasteiger partial charge in [-0.2, -0.15) is 0 Å². The quantitative estimate of drug-likeness (QED) is 0.574. The summed E-state index contributed by atoms with van der Waals surface area (Å²) in [5.74, 6) is -0.645. The summed E-state index contributed by atoms with van der Waals surface area (Å²) in [5.41, 5.74) is 0. The van der Waals surface area contributed by atoms with Crippen molar-refractivity contribution in [3.63, 3.8) is 0 Å². The molecular formula is C8H12O4. The summed E-state index contributed by atoms with van der Waals surface area (Å²) in [6.07, 6.45) is 1.15. The van der Waals surface area contributed by atoms with Gasteiger partial charge in [0.15, 0.2) is 0 Å². The van der Waals surface area contributed by atoms with E-state index in [0.717, 1.165) is 12.8 Å². The molecule has 1 rings (SSSR count). The number of hydrogen-bond acceptors (Lipinski definition) is 4. The first-order valence-corrected chi connectivity index (χ1v) is 3.94. The first kappa shape index (κ1) is 9.03. The highest BCUT2D eigenvalue weighted by molar-refractivity contribution is 5.67. The molecule has 0 spiro atoms. The van der Waals surface area contributed by atoms with Gasteiger partial charge in [0.05, 0.1) is 0 Å². The summed E-state index contributed by atoms with van der Waals surface area (Å²) in [4.78, 5) is 21.0. The molecule has 0 heterocycles. The van der Waals surface area contributed by atoms with Gasteiger partial charge in [-0.15, -0.1) is 0 Å². The molecule has 12 heavy (non-hydrogen) atoms. The summed E-state index contributed by atoms with van der Waals surface area (Å²) in [5, 5.41) is 0. The minimum Gasteiger partial charge on any atom is -0.459 e. The van der Waals surface area contributed by atoms with Crippen LogP contribution in [0.3, 0.4) is 0 Å². The van der Waals surface area contributed by atoms with Crippen LogP contribution in [0.25, 0.3) is 0 Å². The molecule has 0 bridgehead atoms. The Morgan fingerprint density at radius 3 is 1.50 bits per heavy atom. The van der Waals surface area contributed by atoms with Crippen molar-refractivity contribution in [3.05, 3.63) is 0 Å². The van der Waals surface area contributed by atoms with Gasteiger partial charge in [0.2, 0.25) is 0 Å². The molecule has 0 N–H and O–H groups in total. The number of carbonyl (C=O) groups excluding carboxylic acids is 2. The average molecular weight is 172 g/mol. The molecule has 0 aromatic carbocycles. The first-order valence-electron chi connectivity index (χ1n) is 3.94. The highest BCUT2D eigenvalue weighted by atomic mass is 16.6. The smallest absolute Gasteiger partial charge is 0.303 e. The van der Waals surface area contributed by atoms with Crippen LogP contribution in [0.15, 0.2) is 0 Å². The third-order valence-electron chi connectivity index (χ3n) is 1.79. The summed E-state index contributed by atoms with van der Waals surface area (Å²) in [6.45, 7) is 2.70. The summed E-state index contributed by atoms with van der Waals surface area (Å²) < 4.78 is 9.77. The zero-order valence-electron chi connectivity index (χ0n) is 7.20. The predicted molar refractivity (Wildman–Crippen MR) is 40.3 cm³/mol. The van der Waals surface area contributed by atoms with Crippen molar-refractivity contribution in [2.45, 2.75) is 38.9 Å². The molecule has 0 aromatic heterocycles. The van der Waals surface area contributed by atoms with Gasteiger partial charge in [-0.3, -0.25) is 9.59 Å². The van der Waals surface area contributed by atoms with Gasteiger partial charge in [-0.1, -0.05) is 0 Å². The lowest BCUT2D eigenvalue weighted by Gasteiger charge is -2.34. The van der Waals surface area contributed by atoms with Gasteiger partial charge in [0, 0.05) is 13.8 Å². The standard InChI is InChI=1S/C8H12O4/c1-5(9)11-7-3-4-8(7)12-6(2)10/h7-8H,3-4H2,1-2H3. The maximum atomic E-state index is 10.5. The van der Waals surface area contributed by atoms with Crippen LogP contribution in [0.2, 0.25) is 0 Å². The topological polar surface area (TPSA) is 52.6 Å². The Morgan fingerprint density at radius 1 is 1.00 bits per heavy atom. The highest BCUT2D eigenvalue weighted by Crippen LogP contribution is 2.26. The molecule has 2 unspecified atom stereocenters. The zero-order chi connectivity index (χ0) is 9.14. The van der Waals surface area contributed by atoms with E-state index in [-0.39, 0.29) is 24.1 Å². The number of rotatable bonds is 2. The lowest BCUT2D eigenvalue weighted by molar-refractivity contribution is -0.178. The third kappa shape index (κ3) is 2.22. The molecule has 1 fully saturated rings. The molecule has 0 amide bonds. The lowest BCUT2D eigenvalue weighted by Crippen LogP contribution is -2.43. The minimum atomic E-state index is -0.322. The summed E-state index contributed by atoms with van der Waals surface area (Å²) in [7, 11) is 0. The second kappa shape index (κ2) is 3.56. The van der Waals surface area contributed by atoms with E-state index in [9.17, 15) is 9.59 Å². The molecule has 0 aromatic rings. The van der Waals surface area contributed by atoms with Crippen molar-refractivity contribution in [1.82, 2.24) is 0 Å². The van der Waals surface area contributed by atoms with Gasteiger partial charge in [-0.05, 0) is 12.8 Å². The molecule has 1 aliphatic carbocycles. The van der Waals surface area contributed by atoms with Crippen LogP contribution in [-0.4, -0.2) is 24.1 Å². The van der Waals surface area contributed by atoms with E-state index in [1.54, 1.807) is 0 Å². The van der Waals surface area contributed by atoms with E-state index < -0.39 is 0 Å². The van der Waals surface area contributed by atoms with E-state index in [1.807, 2.05) is 0 Å². The fourth-order valence-corrected chi connectivity index (χ4v) is 1.13. The largest absolute Gasteiger partial charge is 0.459 e. The van der Waals surface area contributed by atoms with Crippen molar-refractivity contribution < 1.29 is 19.1 Å². The van der Waals surface area contributed by atoms with Crippen molar-refractivity contribution >= 4 is 11.9 Å². The molecule has 0 aliphatic heterocycles. The van der Waals surface area contributed by atoms with Crippen LogP contribution in [0.1, 0.15) is 26.7 Å². The van der Waals surface area contributed by atoms with Crippen LogP contribution in [0, 0.1) is 0 Å². The third-order valence-corrected chi connectivity index (χ3v) is 1.79. The average Bonchev–Trinajstić information content (AvgIpc) is 1.93. The molecule has 68 valence electrons. The molecule has 2 atom stereocenters. The fourth-order valence-electron chi connectivity index (χ4n) is 1.13. The molecular weight excluding hydrogens is 160 g/mol. The molecule has 0 saturated heterocycles. The van der Waals surface area contributed by atoms with E-state index in [2.05, 4.69) is 0 Å². The van der Waals surface area contributed by atoms with Crippen LogP contribution in [0.4, 0.5) is 0 Å². The van der Waals surface area contributed by atoms with Crippen molar-refractivity contribution in [3.8, 4) is 0 Å². The second-order valence-electron chi connectivity index (χ2n) is 2.87. The van der Waals surface area contributed by atoms with E-state index in [4.69, 9.17) is 9.47 Å². The molecule has 1 saturated carbocycles. The van der Waals surface area contributed by atoms with Crippen molar-refractivity contribution in [2.75, 3.05) is 0 Å². The Hall–Kier alpha value is -1.06. The van der Waals surface area contributed by atoms with Gasteiger partial charge >= 0.3 is 11.9 Å². The minimum absolute atomic E-state index is 0.216. The lowest BCUT2D eigenvalue weighted by atomic mass is 9.92. The second-order valence-corrected chi connectivity index (χ2v) is 2.87.